The molecule has 2 N–H and O–H groups in total. The van der Waals surface area contributed by atoms with Gasteiger partial charge in [0, 0.05) is 23.7 Å². The van der Waals surface area contributed by atoms with Crippen LogP contribution in [0.5, 0.6) is 0 Å². The summed E-state index contributed by atoms with van der Waals surface area (Å²) in [5.41, 5.74) is 2.81. The van der Waals surface area contributed by atoms with Crippen molar-refractivity contribution < 1.29 is 0 Å². The Hall–Kier alpha value is -1.88. The molecular formula is C22H31N3OS. The van der Waals surface area contributed by atoms with Gasteiger partial charge in [-0.3, -0.25) is 4.79 Å². The van der Waals surface area contributed by atoms with Gasteiger partial charge in [-0.2, -0.15) is 0 Å². The van der Waals surface area contributed by atoms with E-state index in [1.807, 2.05) is 19.1 Å². The smallest absolute Gasteiger partial charge is 0.253 e. The standard InChI is InChI=1S/C22H31N3OS/c1-15(2)13-23-22(27)25(19-7-5-4-6-8-19)14-18-12-17-10-9-16(3)11-20(17)24-21(18)26/h9-12,15,19H,4-8,13-14H2,1-3H3,(H,23,27)(H,24,26). The van der Waals surface area contributed by atoms with Crippen LogP contribution >= 0.6 is 12.2 Å². The highest BCUT2D eigenvalue weighted by Crippen LogP contribution is 2.24. The molecule has 1 aromatic carbocycles. The number of nitrogens with one attached hydrogen (secondary N) is 2. The molecule has 5 heteroatoms. The number of aromatic amines is 1. The van der Waals surface area contributed by atoms with Gasteiger partial charge in [0.05, 0.1) is 6.54 Å². The highest BCUT2D eigenvalue weighted by atomic mass is 32.1. The summed E-state index contributed by atoms with van der Waals surface area (Å²) >= 11 is 5.73. The minimum atomic E-state index is -0.0134. The number of thiocarbonyl (C=S) groups is 1. The van der Waals surface area contributed by atoms with Crippen molar-refractivity contribution in [3.05, 3.63) is 45.7 Å². The number of aromatic nitrogens is 1. The first-order valence-electron chi connectivity index (χ1n) is 10.1. The highest BCUT2D eigenvalue weighted by Gasteiger charge is 2.24. The van der Waals surface area contributed by atoms with E-state index in [9.17, 15) is 4.79 Å². The molecule has 27 heavy (non-hydrogen) atoms. The zero-order valence-corrected chi connectivity index (χ0v) is 17.5. The van der Waals surface area contributed by atoms with Crippen LogP contribution in [-0.2, 0) is 6.54 Å². The van der Waals surface area contributed by atoms with Crippen molar-refractivity contribution in [1.29, 1.82) is 0 Å². The van der Waals surface area contributed by atoms with Crippen molar-refractivity contribution in [2.45, 2.75) is 65.5 Å². The third kappa shape index (κ3) is 5.10. The van der Waals surface area contributed by atoms with Crippen molar-refractivity contribution in [2.75, 3.05) is 6.54 Å². The van der Waals surface area contributed by atoms with Crippen molar-refractivity contribution in [3.8, 4) is 0 Å². The summed E-state index contributed by atoms with van der Waals surface area (Å²) in [5, 5.41) is 5.26. The molecule has 0 unspecified atom stereocenters. The van der Waals surface area contributed by atoms with E-state index in [2.05, 4.69) is 41.2 Å². The lowest BCUT2D eigenvalue weighted by Gasteiger charge is -2.36. The number of hydrogen-bond donors (Lipinski definition) is 2. The Balaban J connectivity index is 1.87. The van der Waals surface area contributed by atoms with Crippen LogP contribution < -0.4 is 10.9 Å². The van der Waals surface area contributed by atoms with Gasteiger partial charge in [-0.15, -0.1) is 0 Å². The average molecular weight is 386 g/mol. The number of rotatable bonds is 5. The van der Waals surface area contributed by atoms with Gasteiger partial charge >= 0.3 is 0 Å². The lowest BCUT2D eigenvalue weighted by Crippen LogP contribution is -2.47. The first-order valence-corrected chi connectivity index (χ1v) is 10.5. The fourth-order valence-corrected chi connectivity index (χ4v) is 4.11. The minimum absolute atomic E-state index is 0.0134. The van der Waals surface area contributed by atoms with Gasteiger partial charge in [0.2, 0.25) is 0 Å². The van der Waals surface area contributed by atoms with Gasteiger partial charge in [-0.1, -0.05) is 45.2 Å². The summed E-state index contributed by atoms with van der Waals surface area (Å²) in [5.74, 6) is 0.531. The number of nitrogens with zero attached hydrogens (tertiary/aromatic N) is 1. The van der Waals surface area contributed by atoms with Gasteiger partial charge in [0.25, 0.3) is 5.56 Å². The number of hydrogen-bond acceptors (Lipinski definition) is 2. The Kier molecular flexibility index (Phi) is 6.53. The lowest BCUT2D eigenvalue weighted by molar-refractivity contribution is 0.234. The van der Waals surface area contributed by atoms with E-state index >= 15 is 0 Å². The molecular weight excluding hydrogens is 354 g/mol. The predicted molar refractivity (Wildman–Crippen MR) is 117 cm³/mol. The summed E-state index contributed by atoms with van der Waals surface area (Å²) in [4.78, 5) is 18.0. The average Bonchev–Trinajstić information content (AvgIpc) is 2.65. The van der Waals surface area contributed by atoms with E-state index in [0.717, 1.165) is 46.5 Å². The molecule has 146 valence electrons. The number of aryl methyl sites for hydroxylation is 1. The second-order valence-corrected chi connectivity index (χ2v) is 8.60. The summed E-state index contributed by atoms with van der Waals surface area (Å²) in [6, 6.07) is 8.62. The highest BCUT2D eigenvalue weighted by molar-refractivity contribution is 7.80. The van der Waals surface area contributed by atoms with Gasteiger partial charge < -0.3 is 15.2 Å². The third-order valence-corrected chi connectivity index (χ3v) is 5.74. The molecule has 2 aromatic rings. The fraction of sp³-hybridized carbons (Fsp3) is 0.545. The summed E-state index contributed by atoms with van der Waals surface area (Å²) in [6.45, 7) is 7.81. The van der Waals surface area contributed by atoms with E-state index in [1.54, 1.807) is 0 Å². The topological polar surface area (TPSA) is 48.1 Å². The summed E-state index contributed by atoms with van der Waals surface area (Å²) in [7, 11) is 0. The van der Waals surface area contributed by atoms with E-state index in [-0.39, 0.29) is 5.56 Å². The summed E-state index contributed by atoms with van der Waals surface area (Å²) < 4.78 is 0. The van der Waals surface area contributed by atoms with Crippen LogP contribution in [0.4, 0.5) is 0 Å². The van der Waals surface area contributed by atoms with Gasteiger partial charge in [0.1, 0.15) is 0 Å². The molecule has 0 atom stereocenters. The second-order valence-electron chi connectivity index (χ2n) is 8.21. The van der Waals surface area contributed by atoms with Crippen LogP contribution in [0.25, 0.3) is 10.9 Å². The number of fused-ring (bicyclic) bond motifs is 1. The molecule has 1 aromatic heterocycles. The van der Waals surface area contributed by atoms with E-state index in [4.69, 9.17) is 12.2 Å². The van der Waals surface area contributed by atoms with Gasteiger partial charge in [-0.05, 0) is 61.0 Å². The Morgan fingerprint density at radius 3 is 2.70 bits per heavy atom. The first-order chi connectivity index (χ1) is 12.9. The van der Waals surface area contributed by atoms with Crippen molar-refractivity contribution >= 4 is 28.2 Å². The molecule has 0 saturated heterocycles. The molecule has 0 spiro atoms. The van der Waals surface area contributed by atoms with E-state index in [0.29, 0.717) is 18.5 Å². The van der Waals surface area contributed by atoms with Crippen LogP contribution in [-0.4, -0.2) is 27.6 Å². The van der Waals surface area contributed by atoms with Crippen molar-refractivity contribution in [1.82, 2.24) is 15.2 Å². The maximum absolute atomic E-state index is 12.7. The maximum atomic E-state index is 12.7. The SMILES string of the molecule is Cc1ccc2cc(CN(C(=S)NCC(C)C)C3CCCCC3)c(=O)[nH]c2c1. The molecule has 0 radical (unpaired) electrons. The largest absolute Gasteiger partial charge is 0.362 e. The minimum Gasteiger partial charge on any atom is -0.362 e. The molecule has 0 aliphatic heterocycles. The Bertz CT molecular complexity index is 852. The second kappa shape index (κ2) is 8.87. The zero-order chi connectivity index (χ0) is 19.4. The number of benzene rings is 1. The molecule has 1 fully saturated rings. The maximum Gasteiger partial charge on any atom is 0.253 e. The van der Waals surface area contributed by atoms with Crippen LogP contribution in [0.15, 0.2) is 29.1 Å². The Morgan fingerprint density at radius 2 is 2.00 bits per heavy atom. The molecule has 1 saturated carbocycles. The number of H-pyrrole nitrogens is 1. The molecule has 4 nitrogen and oxygen atoms in total. The molecule has 1 heterocycles. The van der Waals surface area contributed by atoms with Crippen LogP contribution in [0.3, 0.4) is 0 Å². The van der Waals surface area contributed by atoms with E-state index < -0.39 is 0 Å². The molecule has 1 aliphatic carbocycles. The van der Waals surface area contributed by atoms with Crippen LogP contribution in [0.1, 0.15) is 57.1 Å². The van der Waals surface area contributed by atoms with Crippen LogP contribution in [0.2, 0.25) is 0 Å². The third-order valence-electron chi connectivity index (χ3n) is 5.36. The summed E-state index contributed by atoms with van der Waals surface area (Å²) in [6.07, 6.45) is 6.07. The van der Waals surface area contributed by atoms with E-state index in [1.165, 1.54) is 19.3 Å². The number of pyridine rings is 1. The monoisotopic (exact) mass is 385 g/mol. The van der Waals surface area contributed by atoms with Gasteiger partial charge in [-0.25, -0.2) is 0 Å². The normalized spacial score (nSPS) is 15.3. The lowest BCUT2D eigenvalue weighted by atomic mass is 9.94. The van der Waals surface area contributed by atoms with Crippen LogP contribution in [0, 0.1) is 12.8 Å². The Labute approximate surface area is 167 Å². The molecule has 1 aliphatic rings. The molecule has 3 rings (SSSR count). The first kappa shape index (κ1) is 19.9. The molecule has 0 bridgehead atoms. The van der Waals surface area contributed by atoms with Crippen molar-refractivity contribution in [2.24, 2.45) is 5.92 Å². The predicted octanol–water partition coefficient (Wildman–Crippen LogP) is 4.50. The van der Waals surface area contributed by atoms with Gasteiger partial charge in [0.15, 0.2) is 5.11 Å². The quantitative estimate of drug-likeness (QED) is 0.744. The van der Waals surface area contributed by atoms with Crippen molar-refractivity contribution in [3.63, 3.8) is 0 Å². The molecule has 0 amide bonds. The fourth-order valence-electron chi connectivity index (χ4n) is 3.81. The zero-order valence-electron chi connectivity index (χ0n) is 16.7. The Morgan fingerprint density at radius 1 is 1.26 bits per heavy atom.